The zero-order valence-corrected chi connectivity index (χ0v) is 37.9. The summed E-state index contributed by atoms with van der Waals surface area (Å²) in [5.41, 5.74) is 19.1. The second-order valence-corrected chi connectivity index (χ2v) is 18.7. The van der Waals surface area contributed by atoms with E-state index in [9.17, 15) is 0 Å². The Morgan fingerprint density at radius 2 is 0.794 bits per heavy atom. The maximum absolute atomic E-state index is 2.50. The van der Waals surface area contributed by atoms with Gasteiger partial charge in [-0.25, -0.2) is 0 Å². The van der Waals surface area contributed by atoms with E-state index in [0.29, 0.717) is 0 Å². The summed E-state index contributed by atoms with van der Waals surface area (Å²) in [4.78, 5) is 2.40. The number of fused-ring (bicyclic) bond motifs is 11. The van der Waals surface area contributed by atoms with Crippen LogP contribution in [-0.2, 0) is 5.41 Å². The third-order valence-corrected chi connectivity index (χ3v) is 15.0. The molecule has 1 spiro atoms. The smallest absolute Gasteiger partial charge is 0.0465 e. The molecule has 0 aromatic heterocycles. The first-order chi connectivity index (χ1) is 33.7. The molecule has 0 N–H and O–H groups in total. The molecule has 0 amide bonds. The van der Waals surface area contributed by atoms with Gasteiger partial charge in [-0.15, -0.1) is 0 Å². The van der Waals surface area contributed by atoms with Gasteiger partial charge in [-0.2, -0.15) is 0 Å². The van der Waals surface area contributed by atoms with Gasteiger partial charge in [0.25, 0.3) is 0 Å². The van der Waals surface area contributed by atoms with Gasteiger partial charge in [0.05, 0.1) is 0 Å². The summed E-state index contributed by atoms with van der Waals surface area (Å²) in [6.45, 7) is 0. The van der Waals surface area contributed by atoms with Crippen molar-refractivity contribution in [3.63, 3.8) is 0 Å². The Bertz CT molecular complexity index is 3660. The predicted molar refractivity (Wildman–Crippen MR) is 290 cm³/mol. The molecule has 1 fully saturated rings. The van der Waals surface area contributed by atoms with Gasteiger partial charge in [-0.05, 0) is 154 Å². The maximum Gasteiger partial charge on any atom is 0.0465 e. The van der Waals surface area contributed by atoms with E-state index in [-0.39, 0.29) is 5.41 Å². The molecule has 68 heavy (non-hydrogen) atoms. The second kappa shape index (κ2) is 16.6. The van der Waals surface area contributed by atoms with Crippen LogP contribution in [0.3, 0.4) is 0 Å². The van der Waals surface area contributed by atoms with Crippen LogP contribution in [0, 0.1) is 0 Å². The highest BCUT2D eigenvalue weighted by Crippen LogP contribution is 2.58. The van der Waals surface area contributed by atoms with E-state index < -0.39 is 0 Å². The maximum atomic E-state index is 2.50. The zero-order valence-electron chi connectivity index (χ0n) is 37.9. The number of benzene rings is 11. The van der Waals surface area contributed by atoms with E-state index in [1.54, 1.807) is 0 Å². The molecule has 1 saturated carbocycles. The van der Waals surface area contributed by atoms with Crippen molar-refractivity contribution >= 4 is 61.5 Å². The van der Waals surface area contributed by atoms with E-state index >= 15 is 0 Å². The van der Waals surface area contributed by atoms with E-state index in [0.717, 1.165) is 0 Å². The number of nitrogens with zero attached hydrogens (tertiary/aromatic N) is 1. The first-order valence-electron chi connectivity index (χ1n) is 24.2. The summed E-state index contributed by atoms with van der Waals surface area (Å²) in [5.74, 6) is 0. The lowest BCUT2D eigenvalue weighted by Crippen LogP contribution is -2.21. The van der Waals surface area contributed by atoms with E-state index in [2.05, 4.69) is 254 Å². The molecule has 0 saturated heterocycles. The van der Waals surface area contributed by atoms with Gasteiger partial charge in [0.1, 0.15) is 0 Å². The molecule has 2 aliphatic carbocycles. The minimum absolute atomic E-state index is 0.0255. The highest BCUT2D eigenvalue weighted by atomic mass is 15.1. The molecule has 1 nitrogen and oxygen atoms in total. The summed E-state index contributed by atoms with van der Waals surface area (Å²) in [5, 5.41) is 7.71. The van der Waals surface area contributed by atoms with Gasteiger partial charge in [0.2, 0.25) is 0 Å². The third-order valence-electron chi connectivity index (χ3n) is 15.0. The van der Waals surface area contributed by atoms with Crippen LogP contribution in [0.4, 0.5) is 17.1 Å². The van der Waals surface area contributed by atoms with Gasteiger partial charge in [-0.1, -0.05) is 219 Å². The fourth-order valence-electron chi connectivity index (χ4n) is 11.9. The number of hydrogen-bond donors (Lipinski definition) is 0. The van der Waals surface area contributed by atoms with E-state index in [4.69, 9.17) is 0 Å². The zero-order chi connectivity index (χ0) is 45.0. The molecular formula is C67H49N. The highest BCUT2D eigenvalue weighted by molar-refractivity contribution is 6.33. The fraction of sp³-hybridized carbons (Fsp3) is 0.0746. The van der Waals surface area contributed by atoms with Gasteiger partial charge in [0.15, 0.2) is 0 Å². The lowest BCUT2D eigenvalue weighted by atomic mass is 9.76. The van der Waals surface area contributed by atoms with E-state index in [1.807, 2.05) is 0 Å². The van der Waals surface area contributed by atoms with Crippen LogP contribution in [0.2, 0.25) is 0 Å². The molecule has 13 rings (SSSR count). The molecule has 11 aromatic carbocycles. The quantitative estimate of drug-likeness (QED) is 0.109. The van der Waals surface area contributed by atoms with Crippen molar-refractivity contribution in [3.05, 3.63) is 259 Å². The summed E-state index contributed by atoms with van der Waals surface area (Å²) in [6.07, 6.45) is 9.46. The van der Waals surface area contributed by atoms with Crippen molar-refractivity contribution in [1.82, 2.24) is 0 Å². The van der Waals surface area contributed by atoms with Crippen molar-refractivity contribution in [1.29, 1.82) is 0 Å². The van der Waals surface area contributed by atoms with Crippen LogP contribution >= 0.6 is 0 Å². The first-order valence-corrected chi connectivity index (χ1v) is 24.2. The molecular weight excluding hydrogens is 819 g/mol. The average molecular weight is 868 g/mol. The van der Waals surface area contributed by atoms with Gasteiger partial charge < -0.3 is 4.90 Å². The Kier molecular flexibility index (Phi) is 9.75. The number of para-hydroxylation sites is 2. The van der Waals surface area contributed by atoms with Crippen LogP contribution in [0.5, 0.6) is 0 Å². The molecule has 0 aliphatic heterocycles. The molecule has 1 heteroatoms. The summed E-state index contributed by atoms with van der Waals surface area (Å²) in [7, 11) is 0. The van der Waals surface area contributed by atoms with Crippen molar-refractivity contribution in [3.8, 4) is 44.5 Å². The monoisotopic (exact) mass is 867 g/mol. The number of hydrogen-bond acceptors (Lipinski definition) is 1. The molecule has 0 atom stereocenters. The van der Waals surface area contributed by atoms with Gasteiger partial charge in [0, 0.05) is 22.5 Å². The van der Waals surface area contributed by atoms with Crippen LogP contribution in [0.1, 0.15) is 47.9 Å². The van der Waals surface area contributed by atoms with Gasteiger partial charge in [-0.3, -0.25) is 0 Å². The SMILES string of the molecule is C(=C\c1ccc2c(c1)C1(CCCC1)c1cc(N(c3ccccc3)c3ccccc3)ccc1-2)/c1ccc(-c2cc(-c3ccccc3)c3c4ccccc4c4ccccc4c3c2-c2ccccc2)cc1. The lowest BCUT2D eigenvalue weighted by molar-refractivity contribution is 0.550. The van der Waals surface area contributed by atoms with E-state index in [1.165, 1.54) is 142 Å². The normalized spacial score (nSPS) is 13.7. The molecule has 0 unspecified atom stereocenters. The predicted octanol–water partition coefficient (Wildman–Crippen LogP) is 18.6. The van der Waals surface area contributed by atoms with Crippen molar-refractivity contribution in [2.24, 2.45) is 0 Å². The second-order valence-electron chi connectivity index (χ2n) is 18.7. The summed E-state index contributed by atoms with van der Waals surface area (Å²) < 4.78 is 0. The highest BCUT2D eigenvalue weighted by Gasteiger charge is 2.45. The number of rotatable bonds is 8. The van der Waals surface area contributed by atoms with Crippen molar-refractivity contribution < 1.29 is 0 Å². The molecule has 0 radical (unpaired) electrons. The van der Waals surface area contributed by atoms with Crippen LogP contribution in [0.25, 0.3) is 89.0 Å². The largest absolute Gasteiger partial charge is 0.310 e. The van der Waals surface area contributed by atoms with Crippen LogP contribution in [0.15, 0.2) is 237 Å². The Hall–Kier alpha value is -8.26. The Morgan fingerprint density at radius 1 is 0.324 bits per heavy atom. The molecule has 0 heterocycles. The lowest BCUT2D eigenvalue weighted by Gasteiger charge is -2.30. The topological polar surface area (TPSA) is 3.24 Å². The van der Waals surface area contributed by atoms with Crippen molar-refractivity contribution in [2.45, 2.75) is 31.1 Å². The molecule has 0 bridgehead atoms. The first kappa shape index (κ1) is 40.1. The third kappa shape index (κ3) is 6.61. The Balaban J connectivity index is 0.894. The minimum Gasteiger partial charge on any atom is -0.310 e. The van der Waals surface area contributed by atoms with Crippen molar-refractivity contribution in [2.75, 3.05) is 4.90 Å². The summed E-state index contributed by atoms with van der Waals surface area (Å²) >= 11 is 0. The molecule has 322 valence electrons. The van der Waals surface area contributed by atoms with Crippen LogP contribution in [-0.4, -0.2) is 0 Å². The summed E-state index contributed by atoms with van der Waals surface area (Å²) in [6, 6.07) is 87.5. The molecule has 2 aliphatic rings. The van der Waals surface area contributed by atoms with Gasteiger partial charge >= 0.3 is 0 Å². The number of anilines is 3. The Labute approximate surface area is 398 Å². The standard InChI is InChI=1S/C67H49N/c1-5-19-48(20-6-1)61-45-60(64(50-21-7-2-8-22-50)66-59-30-16-14-28-55(59)54-27-13-15-29-58(54)65(61)66)49-36-33-46(34-37-49)31-32-47-35-39-56-57-40-38-53(44-63(57)67(62(56)43-47)41-17-18-42-67)68(51-23-9-3-10-24-51)52-25-11-4-12-26-52/h1-16,19-40,43-45H,17-18,41-42H2/b32-31+. The fourth-order valence-corrected chi connectivity index (χ4v) is 11.9. The minimum atomic E-state index is 0.0255. The average Bonchev–Trinajstić information content (AvgIpc) is 4.02. The van der Waals surface area contributed by atoms with Crippen LogP contribution < -0.4 is 4.90 Å². The molecule has 11 aromatic rings. The Morgan fingerprint density at radius 3 is 1.41 bits per heavy atom.